The van der Waals surface area contributed by atoms with Crippen molar-refractivity contribution in [1.29, 1.82) is 0 Å². The van der Waals surface area contributed by atoms with Gasteiger partial charge in [0.15, 0.2) is 6.10 Å². The SMILES string of the molecule is Cc1cccc(OC(C)C(=O)NNC(=O)Cn2cc([N+](=O)[O-])ccc2=O)c1C. The molecule has 2 aromatic rings. The lowest BCUT2D eigenvalue weighted by molar-refractivity contribution is -0.385. The van der Waals surface area contributed by atoms with Crippen LogP contribution in [0.4, 0.5) is 5.69 Å². The average Bonchev–Trinajstić information content (AvgIpc) is 2.65. The van der Waals surface area contributed by atoms with Gasteiger partial charge in [-0.05, 0) is 38.0 Å². The molecule has 0 spiro atoms. The second-order valence-corrected chi connectivity index (χ2v) is 6.11. The van der Waals surface area contributed by atoms with Crippen LogP contribution in [0.3, 0.4) is 0 Å². The standard InChI is InChI=1S/C18H20N4O6/c1-11-5-4-6-15(12(11)2)28-13(3)18(25)20-19-16(23)10-21-9-14(22(26)27)7-8-17(21)24/h4-9,13H,10H2,1-3H3,(H,19,23)(H,20,25). The van der Waals surface area contributed by atoms with E-state index in [0.717, 1.165) is 34.0 Å². The van der Waals surface area contributed by atoms with Crippen LogP contribution in [0.25, 0.3) is 0 Å². The summed E-state index contributed by atoms with van der Waals surface area (Å²) in [6, 6.07) is 7.50. The first-order valence-corrected chi connectivity index (χ1v) is 8.35. The predicted octanol–water partition coefficient (Wildman–Crippen LogP) is 0.988. The molecule has 0 bridgehead atoms. The molecule has 2 rings (SSSR count). The summed E-state index contributed by atoms with van der Waals surface area (Å²) in [7, 11) is 0. The van der Waals surface area contributed by atoms with Crippen molar-refractivity contribution >= 4 is 17.5 Å². The van der Waals surface area contributed by atoms with Gasteiger partial charge >= 0.3 is 0 Å². The number of benzene rings is 1. The molecule has 1 atom stereocenters. The highest BCUT2D eigenvalue weighted by atomic mass is 16.6. The Balaban J connectivity index is 1.92. The number of pyridine rings is 1. The molecule has 1 aromatic heterocycles. The van der Waals surface area contributed by atoms with Gasteiger partial charge in [-0.25, -0.2) is 0 Å². The van der Waals surface area contributed by atoms with E-state index in [-0.39, 0.29) is 5.69 Å². The fourth-order valence-electron chi connectivity index (χ4n) is 2.27. The van der Waals surface area contributed by atoms with Crippen molar-refractivity contribution in [1.82, 2.24) is 15.4 Å². The monoisotopic (exact) mass is 388 g/mol. The lowest BCUT2D eigenvalue weighted by Gasteiger charge is -2.17. The second-order valence-electron chi connectivity index (χ2n) is 6.11. The van der Waals surface area contributed by atoms with Crippen LogP contribution in [-0.2, 0) is 16.1 Å². The largest absolute Gasteiger partial charge is 0.481 e. The highest BCUT2D eigenvalue weighted by Gasteiger charge is 2.17. The van der Waals surface area contributed by atoms with E-state index in [2.05, 4.69) is 10.9 Å². The Morgan fingerprint density at radius 2 is 1.93 bits per heavy atom. The molecule has 0 saturated heterocycles. The normalized spacial score (nSPS) is 11.4. The topological polar surface area (TPSA) is 133 Å². The van der Waals surface area contributed by atoms with Crippen molar-refractivity contribution < 1.29 is 19.2 Å². The van der Waals surface area contributed by atoms with E-state index >= 15 is 0 Å². The Morgan fingerprint density at radius 1 is 1.21 bits per heavy atom. The van der Waals surface area contributed by atoms with Gasteiger partial charge in [0.05, 0.1) is 11.1 Å². The number of aromatic nitrogens is 1. The maximum Gasteiger partial charge on any atom is 0.285 e. The minimum Gasteiger partial charge on any atom is -0.481 e. The van der Waals surface area contributed by atoms with Crippen LogP contribution >= 0.6 is 0 Å². The molecule has 0 aliphatic carbocycles. The van der Waals surface area contributed by atoms with Crippen molar-refractivity contribution in [2.45, 2.75) is 33.4 Å². The third-order valence-corrected chi connectivity index (χ3v) is 4.05. The van der Waals surface area contributed by atoms with Gasteiger partial charge in [-0.2, -0.15) is 0 Å². The van der Waals surface area contributed by atoms with E-state index in [1.54, 1.807) is 12.1 Å². The maximum atomic E-state index is 12.1. The number of hydrazine groups is 1. The number of aryl methyl sites for hydroxylation is 1. The number of carbonyl (C=O) groups excluding carboxylic acids is 2. The number of nitrogens with one attached hydrogen (secondary N) is 2. The summed E-state index contributed by atoms with van der Waals surface area (Å²) in [5, 5.41) is 10.8. The van der Waals surface area contributed by atoms with E-state index in [9.17, 15) is 24.5 Å². The van der Waals surface area contributed by atoms with Crippen molar-refractivity contribution in [3.05, 3.63) is 68.1 Å². The molecular formula is C18H20N4O6. The molecular weight excluding hydrogens is 368 g/mol. The van der Waals surface area contributed by atoms with Crippen LogP contribution in [0.2, 0.25) is 0 Å². The average molecular weight is 388 g/mol. The van der Waals surface area contributed by atoms with Gasteiger partial charge in [-0.1, -0.05) is 12.1 Å². The molecule has 10 nitrogen and oxygen atoms in total. The van der Waals surface area contributed by atoms with E-state index in [4.69, 9.17) is 4.74 Å². The smallest absolute Gasteiger partial charge is 0.285 e. The van der Waals surface area contributed by atoms with Gasteiger partial charge in [0.2, 0.25) is 0 Å². The van der Waals surface area contributed by atoms with Gasteiger partial charge in [0.25, 0.3) is 23.1 Å². The van der Waals surface area contributed by atoms with Gasteiger partial charge < -0.3 is 4.74 Å². The number of ether oxygens (including phenoxy) is 1. The second kappa shape index (κ2) is 8.80. The summed E-state index contributed by atoms with van der Waals surface area (Å²) in [5.74, 6) is -0.771. The summed E-state index contributed by atoms with van der Waals surface area (Å²) in [5.41, 5.74) is 5.35. The van der Waals surface area contributed by atoms with Crippen molar-refractivity contribution in [2.75, 3.05) is 0 Å². The number of nitrogens with zero attached hydrogens (tertiary/aromatic N) is 2. The van der Waals surface area contributed by atoms with Crippen LogP contribution < -0.4 is 21.1 Å². The molecule has 1 unspecified atom stereocenters. The highest BCUT2D eigenvalue weighted by molar-refractivity contribution is 5.84. The quantitative estimate of drug-likeness (QED) is 0.560. The van der Waals surface area contributed by atoms with Crippen molar-refractivity contribution in [3.63, 3.8) is 0 Å². The van der Waals surface area contributed by atoms with E-state index in [1.165, 1.54) is 6.92 Å². The lowest BCUT2D eigenvalue weighted by atomic mass is 10.1. The number of carbonyl (C=O) groups is 2. The summed E-state index contributed by atoms with van der Waals surface area (Å²) in [6.07, 6.45) is 0.0667. The molecule has 28 heavy (non-hydrogen) atoms. The first kappa shape index (κ1) is 20.6. The zero-order valence-electron chi connectivity index (χ0n) is 15.6. The molecule has 0 radical (unpaired) electrons. The van der Waals surface area contributed by atoms with Gasteiger partial charge in [-0.3, -0.25) is 39.9 Å². The summed E-state index contributed by atoms with van der Waals surface area (Å²) in [6.45, 7) is 4.82. The number of amides is 2. The van der Waals surface area contributed by atoms with Gasteiger partial charge in [-0.15, -0.1) is 0 Å². The molecule has 0 fully saturated rings. The molecule has 0 aliphatic rings. The zero-order chi connectivity index (χ0) is 20.8. The zero-order valence-corrected chi connectivity index (χ0v) is 15.6. The van der Waals surface area contributed by atoms with E-state index < -0.39 is 34.9 Å². The van der Waals surface area contributed by atoms with Crippen LogP contribution in [-0.4, -0.2) is 27.4 Å². The highest BCUT2D eigenvalue weighted by Crippen LogP contribution is 2.21. The van der Waals surface area contributed by atoms with Gasteiger partial charge in [0.1, 0.15) is 12.3 Å². The fraction of sp³-hybridized carbons (Fsp3) is 0.278. The Kier molecular flexibility index (Phi) is 6.48. The van der Waals surface area contributed by atoms with Crippen LogP contribution in [0, 0.1) is 24.0 Å². The molecule has 10 heteroatoms. The van der Waals surface area contributed by atoms with Crippen molar-refractivity contribution in [3.8, 4) is 5.75 Å². The summed E-state index contributed by atoms with van der Waals surface area (Å²) >= 11 is 0. The van der Waals surface area contributed by atoms with Gasteiger partial charge in [0, 0.05) is 12.1 Å². The number of hydrogen-bond donors (Lipinski definition) is 2. The Hall–Kier alpha value is -3.69. The Labute approximate surface area is 160 Å². The van der Waals surface area contributed by atoms with E-state index in [1.807, 2.05) is 19.9 Å². The molecule has 1 aromatic carbocycles. The Bertz CT molecular complexity index is 969. The minimum absolute atomic E-state index is 0.327. The molecule has 2 N–H and O–H groups in total. The van der Waals surface area contributed by atoms with Crippen LogP contribution in [0.5, 0.6) is 5.75 Å². The summed E-state index contributed by atoms with van der Waals surface area (Å²) < 4.78 is 6.48. The molecule has 1 heterocycles. The van der Waals surface area contributed by atoms with Crippen LogP contribution in [0.1, 0.15) is 18.1 Å². The predicted molar refractivity (Wildman–Crippen MR) is 99.6 cm³/mol. The van der Waals surface area contributed by atoms with Crippen molar-refractivity contribution in [2.24, 2.45) is 0 Å². The first-order valence-electron chi connectivity index (χ1n) is 8.35. The molecule has 0 saturated carbocycles. The molecule has 2 amide bonds. The summed E-state index contributed by atoms with van der Waals surface area (Å²) in [4.78, 5) is 45.8. The number of hydrogen-bond acceptors (Lipinski definition) is 6. The van der Waals surface area contributed by atoms with Crippen LogP contribution in [0.15, 0.2) is 41.3 Å². The first-order chi connectivity index (χ1) is 13.2. The van der Waals surface area contributed by atoms with E-state index in [0.29, 0.717) is 5.75 Å². The number of nitro groups is 1. The Morgan fingerprint density at radius 3 is 2.61 bits per heavy atom. The fourth-order valence-corrected chi connectivity index (χ4v) is 2.27. The number of rotatable bonds is 6. The lowest BCUT2D eigenvalue weighted by Crippen LogP contribution is -2.48. The third kappa shape index (κ3) is 5.16. The molecule has 0 aliphatic heterocycles. The molecule has 148 valence electrons. The maximum absolute atomic E-state index is 12.1. The minimum atomic E-state index is -0.888. The third-order valence-electron chi connectivity index (χ3n) is 4.05.